The molecule has 19 heavy (non-hydrogen) atoms. The van der Waals surface area contributed by atoms with Gasteiger partial charge in [0, 0.05) is 13.6 Å². The standard InChI is InChI=1S/C12H23N5O2/c1-12(2,3)19-11(18)14-7-5-6-13-8-10-16-15-9-17(10)4/h9,13H,5-8H2,1-4H3,(H,14,18). The minimum Gasteiger partial charge on any atom is -0.444 e. The summed E-state index contributed by atoms with van der Waals surface area (Å²) in [6.07, 6.45) is 2.12. The topological polar surface area (TPSA) is 81.1 Å². The molecule has 1 aromatic rings. The van der Waals surface area contributed by atoms with Gasteiger partial charge in [-0.1, -0.05) is 0 Å². The van der Waals surface area contributed by atoms with Crippen molar-refractivity contribution in [2.45, 2.75) is 39.3 Å². The van der Waals surface area contributed by atoms with Gasteiger partial charge in [0.1, 0.15) is 17.8 Å². The molecular formula is C12H23N5O2. The number of aromatic nitrogens is 3. The Bertz CT molecular complexity index is 397. The third kappa shape index (κ3) is 6.76. The summed E-state index contributed by atoms with van der Waals surface area (Å²) in [7, 11) is 1.90. The summed E-state index contributed by atoms with van der Waals surface area (Å²) in [4.78, 5) is 11.3. The summed E-state index contributed by atoms with van der Waals surface area (Å²) in [5.74, 6) is 0.889. The molecule has 0 aliphatic carbocycles. The van der Waals surface area contributed by atoms with Crippen molar-refractivity contribution in [1.82, 2.24) is 25.4 Å². The van der Waals surface area contributed by atoms with Crippen molar-refractivity contribution in [3.8, 4) is 0 Å². The Morgan fingerprint density at radius 3 is 2.74 bits per heavy atom. The molecule has 1 rings (SSSR count). The average molecular weight is 269 g/mol. The van der Waals surface area contributed by atoms with Crippen LogP contribution in [0.25, 0.3) is 0 Å². The van der Waals surface area contributed by atoms with Crippen molar-refractivity contribution in [2.75, 3.05) is 13.1 Å². The fourth-order valence-corrected chi connectivity index (χ4v) is 1.39. The lowest BCUT2D eigenvalue weighted by Gasteiger charge is -2.19. The van der Waals surface area contributed by atoms with E-state index >= 15 is 0 Å². The second kappa shape index (κ2) is 7.08. The van der Waals surface area contributed by atoms with Gasteiger partial charge >= 0.3 is 6.09 Å². The van der Waals surface area contributed by atoms with E-state index in [4.69, 9.17) is 4.74 Å². The predicted molar refractivity (Wildman–Crippen MR) is 71.6 cm³/mol. The first-order valence-corrected chi connectivity index (χ1v) is 6.39. The highest BCUT2D eigenvalue weighted by molar-refractivity contribution is 5.67. The van der Waals surface area contributed by atoms with Crippen LogP contribution in [-0.2, 0) is 18.3 Å². The molecule has 1 heterocycles. The molecule has 0 spiro atoms. The quantitative estimate of drug-likeness (QED) is 0.747. The van der Waals surface area contributed by atoms with Crippen molar-refractivity contribution in [1.29, 1.82) is 0 Å². The van der Waals surface area contributed by atoms with Gasteiger partial charge in [0.05, 0.1) is 6.54 Å². The van der Waals surface area contributed by atoms with Crippen LogP contribution in [0, 0.1) is 0 Å². The molecule has 0 atom stereocenters. The molecule has 1 amide bonds. The van der Waals surface area contributed by atoms with E-state index in [9.17, 15) is 4.79 Å². The summed E-state index contributed by atoms with van der Waals surface area (Å²) in [5, 5.41) is 13.7. The lowest BCUT2D eigenvalue weighted by molar-refractivity contribution is 0.0527. The molecule has 0 saturated carbocycles. The zero-order valence-electron chi connectivity index (χ0n) is 12.1. The van der Waals surface area contributed by atoms with E-state index in [-0.39, 0.29) is 6.09 Å². The molecule has 108 valence electrons. The number of aryl methyl sites for hydroxylation is 1. The van der Waals surface area contributed by atoms with E-state index < -0.39 is 5.60 Å². The Balaban J connectivity index is 2.03. The Kier molecular flexibility index (Phi) is 5.75. The maximum atomic E-state index is 11.3. The van der Waals surface area contributed by atoms with E-state index in [1.807, 2.05) is 32.4 Å². The van der Waals surface area contributed by atoms with Gasteiger partial charge in [-0.2, -0.15) is 0 Å². The highest BCUT2D eigenvalue weighted by atomic mass is 16.6. The molecule has 1 aromatic heterocycles. The van der Waals surface area contributed by atoms with Crippen molar-refractivity contribution in [3.05, 3.63) is 12.2 Å². The van der Waals surface area contributed by atoms with E-state index in [1.165, 1.54) is 0 Å². The van der Waals surface area contributed by atoms with Crippen LogP contribution in [-0.4, -0.2) is 39.5 Å². The molecule has 0 aliphatic rings. The molecular weight excluding hydrogens is 246 g/mol. The zero-order chi connectivity index (χ0) is 14.3. The minimum atomic E-state index is -0.451. The SMILES string of the molecule is Cn1cnnc1CNCCCNC(=O)OC(C)(C)C. The number of nitrogens with zero attached hydrogens (tertiary/aromatic N) is 3. The molecule has 0 aromatic carbocycles. The third-order valence-corrected chi connectivity index (χ3v) is 2.29. The van der Waals surface area contributed by atoms with Crippen LogP contribution < -0.4 is 10.6 Å². The number of amides is 1. The molecule has 2 N–H and O–H groups in total. The molecule has 0 bridgehead atoms. The predicted octanol–water partition coefficient (Wildman–Crippen LogP) is 0.819. The molecule has 0 saturated heterocycles. The van der Waals surface area contributed by atoms with E-state index in [2.05, 4.69) is 20.8 Å². The monoisotopic (exact) mass is 269 g/mol. The zero-order valence-corrected chi connectivity index (χ0v) is 12.1. The van der Waals surface area contributed by atoms with Crippen LogP contribution in [0.3, 0.4) is 0 Å². The van der Waals surface area contributed by atoms with Crippen LogP contribution in [0.5, 0.6) is 0 Å². The molecule has 7 nitrogen and oxygen atoms in total. The summed E-state index contributed by atoms with van der Waals surface area (Å²) in [6.45, 7) is 7.57. The van der Waals surface area contributed by atoms with Crippen LogP contribution in [0.15, 0.2) is 6.33 Å². The van der Waals surface area contributed by atoms with Gasteiger partial charge < -0.3 is 19.9 Å². The first kappa shape index (κ1) is 15.4. The fraction of sp³-hybridized carbons (Fsp3) is 0.750. The Morgan fingerprint density at radius 2 is 2.16 bits per heavy atom. The maximum absolute atomic E-state index is 11.3. The van der Waals surface area contributed by atoms with E-state index in [1.54, 1.807) is 6.33 Å². The second-order valence-electron chi connectivity index (χ2n) is 5.32. The van der Waals surface area contributed by atoms with E-state index in [0.717, 1.165) is 18.8 Å². The number of hydrogen-bond acceptors (Lipinski definition) is 5. The summed E-state index contributed by atoms with van der Waals surface area (Å²) < 4.78 is 6.99. The Labute approximate surface area is 113 Å². The summed E-state index contributed by atoms with van der Waals surface area (Å²) >= 11 is 0. The maximum Gasteiger partial charge on any atom is 0.407 e. The average Bonchev–Trinajstić information content (AvgIpc) is 2.67. The molecule has 0 unspecified atom stereocenters. The van der Waals surface area contributed by atoms with Gasteiger partial charge in [0.25, 0.3) is 0 Å². The largest absolute Gasteiger partial charge is 0.444 e. The van der Waals surface area contributed by atoms with Gasteiger partial charge in [0.2, 0.25) is 0 Å². The number of ether oxygens (including phenoxy) is 1. The van der Waals surface area contributed by atoms with Gasteiger partial charge in [0.15, 0.2) is 0 Å². The van der Waals surface area contributed by atoms with Gasteiger partial charge in [-0.05, 0) is 33.7 Å². The molecule has 0 fully saturated rings. The van der Waals surface area contributed by atoms with Crippen LogP contribution in [0.1, 0.15) is 33.0 Å². The van der Waals surface area contributed by atoms with Crippen molar-refractivity contribution >= 4 is 6.09 Å². The van der Waals surface area contributed by atoms with Gasteiger partial charge in [-0.15, -0.1) is 10.2 Å². The number of carbonyl (C=O) groups is 1. The van der Waals surface area contributed by atoms with Crippen LogP contribution in [0.2, 0.25) is 0 Å². The second-order valence-corrected chi connectivity index (χ2v) is 5.32. The lowest BCUT2D eigenvalue weighted by Crippen LogP contribution is -2.33. The molecule has 0 radical (unpaired) electrons. The smallest absolute Gasteiger partial charge is 0.407 e. The number of hydrogen-bond donors (Lipinski definition) is 2. The van der Waals surface area contributed by atoms with Crippen molar-refractivity contribution < 1.29 is 9.53 Å². The molecule has 7 heteroatoms. The lowest BCUT2D eigenvalue weighted by atomic mass is 10.2. The first-order valence-electron chi connectivity index (χ1n) is 6.39. The third-order valence-electron chi connectivity index (χ3n) is 2.29. The molecule has 0 aliphatic heterocycles. The highest BCUT2D eigenvalue weighted by Crippen LogP contribution is 2.06. The van der Waals surface area contributed by atoms with Crippen LogP contribution >= 0.6 is 0 Å². The van der Waals surface area contributed by atoms with Crippen molar-refractivity contribution in [3.63, 3.8) is 0 Å². The Hall–Kier alpha value is -1.63. The number of alkyl carbamates (subject to hydrolysis) is 1. The van der Waals surface area contributed by atoms with Gasteiger partial charge in [-0.3, -0.25) is 0 Å². The van der Waals surface area contributed by atoms with Crippen molar-refractivity contribution in [2.24, 2.45) is 7.05 Å². The minimum absolute atomic E-state index is 0.374. The fourth-order valence-electron chi connectivity index (χ4n) is 1.39. The Morgan fingerprint density at radius 1 is 1.42 bits per heavy atom. The summed E-state index contributed by atoms with van der Waals surface area (Å²) in [6, 6.07) is 0. The van der Waals surface area contributed by atoms with Gasteiger partial charge in [-0.25, -0.2) is 4.79 Å². The van der Waals surface area contributed by atoms with Crippen LogP contribution in [0.4, 0.5) is 4.79 Å². The van der Waals surface area contributed by atoms with E-state index in [0.29, 0.717) is 13.1 Å². The summed E-state index contributed by atoms with van der Waals surface area (Å²) in [5.41, 5.74) is -0.451. The highest BCUT2D eigenvalue weighted by Gasteiger charge is 2.15. The normalized spacial score (nSPS) is 11.4. The first-order chi connectivity index (χ1) is 8.88. The number of carbonyl (C=O) groups excluding carboxylic acids is 1. The number of rotatable bonds is 6. The number of nitrogens with one attached hydrogen (secondary N) is 2.